The van der Waals surface area contributed by atoms with Gasteiger partial charge in [-0.1, -0.05) is 48.9 Å². The van der Waals surface area contributed by atoms with E-state index in [0.717, 1.165) is 29.8 Å². The van der Waals surface area contributed by atoms with Crippen LogP contribution in [0.15, 0.2) is 48.5 Å². The molecule has 0 heterocycles. The second-order valence-corrected chi connectivity index (χ2v) is 5.91. The molecule has 0 aliphatic heterocycles. The van der Waals surface area contributed by atoms with Crippen molar-refractivity contribution in [3.05, 3.63) is 65.2 Å². The first-order valence-corrected chi connectivity index (χ1v) is 8.33. The minimum absolute atomic E-state index is 0.0340. The molecule has 0 unspecified atom stereocenters. The molecule has 2 rings (SSSR count). The number of benzene rings is 2. The highest BCUT2D eigenvalue weighted by molar-refractivity contribution is 5.74. The van der Waals surface area contributed by atoms with Crippen molar-refractivity contribution in [2.24, 2.45) is 0 Å². The first-order valence-electron chi connectivity index (χ1n) is 8.33. The molecule has 0 saturated heterocycles. The van der Waals surface area contributed by atoms with Gasteiger partial charge in [0.2, 0.25) is 0 Å². The summed E-state index contributed by atoms with van der Waals surface area (Å²) in [5, 5.41) is 3.00. The van der Waals surface area contributed by atoms with Gasteiger partial charge in [0.25, 0.3) is 0 Å². The van der Waals surface area contributed by atoms with Gasteiger partial charge in [-0.15, -0.1) is 0 Å². The Bertz CT molecular complexity index is 636. The highest BCUT2D eigenvalue weighted by Crippen LogP contribution is 2.12. The molecule has 0 saturated carbocycles. The number of methoxy groups -OCH3 is 1. The molecule has 2 aromatic rings. The van der Waals surface area contributed by atoms with Crippen molar-refractivity contribution in [2.75, 3.05) is 13.7 Å². The first kappa shape index (κ1) is 17.9. The van der Waals surface area contributed by atoms with Gasteiger partial charge in [0.05, 0.1) is 7.11 Å². The second kappa shape index (κ2) is 8.96. The first-order chi connectivity index (χ1) is 11.6. The lowest BCUT2D eigenvalue weighted by Gasteiger charge is -2.23. The number of carbonyl (C=O) groups is 1. The maximum Gasteiger partial charge on any atom is 0.317 e. The van der Waals surface area contributed by atoms with Crippen LogP contribution >= 0.6 is 0 Å². The van der Waals surface area contributed by atoms with Crippen molar-refractivity contribution in [1.82, 2.24) is 10.2 Å². The van der Waals surface area contributed by atoms with E-state index in [2.05, 4.69) is 43.4 Å². The quantitative estimate of drug-likeness (QED) is 0.831. The number of rotatable bonds is 7. The van der Waals surface area contributed by atoms with Crippen molar-refractivity contribution < 1.29 is 9.53 Å². The number of aryl methyl sites for hydroxylation is 1. The number of hydrogen-bond donors (Lipinski definition) is 1. The van der Waals surface area contributed by atoms with E-state index in [1.807, 2.05) is 29.2 Å². The normalized spacial score (nSPS) is 10.3. The van der Waals surface area contributed by atoms with Crippen LogP contribution in [-0.4, -0.2) is 24.6 Å². The van der Waals surface area contributed by atoms with Crippen LogP contribution in [0.5, 0.6) is 5.75 Å². The number of nitrogens with one attached hydrogen (secondary N) is 1. The zero-order valence-electron chi connectivity index (χ0n) is 14.7. The van der Waals surface area contributed by atoms with Gasteiger partial charge in [-0.2, -0.15) is 0 Å². The largest absolute Gasteiger partial charge is 0.497 e. The molecule has 0 atom stereocenters. The topological polar surface area (TPSA) is 41.6 Å². The van der Waals surface area contributed by atoms with E-state index in [4.69, 9.17) is 4.74 Å². The second-order valence-electron chi connectivity index (χ2n) is 5.91. The molecular weight excluding hydrogens is 300 g/mol. The van der Waals surface area contributed by atoms with E-state index < -0.39 is 0 Å². The smallest absolute Gasteiger partial charge is 0.317 e. The molecule has 0 aliphatic rings. The average molecular weight is 326 g/mol. The molecule has 0 fully saturated rings. The molecule has 0 aromatic heterocycles. The summed E-state index contributed by atoms with van der Waals surface area (Å²) in [6.07, 6.45) is 0.932. The molecule has 128 valence electrons. The minimum atomic E-state index is -0.0340. The lowest BCUT2D eigenvalue weighted by atomic mass is 10.1. The highest BCUT2D eigenvalue weighted by atomic mass is 16.5. The molecule has 1 N–H and O–H groups in total. The summed E-state index contributed by atoms with van der Waals surface area (Å²) in [7, 11) is 1.64. The van der Waals surface area contributed by atoms with Crippen LogP contribution in [-0.2, 0) is 13.1 Å². The summed E-state index contributed by atoms with van der Waals surface area (Å²) in [4.78, 5) is 14.3. The van der Waals surface area contributed by atoms with E-state index in [1.165, 1.54) is 5.56 Å². The molecule has 4 heteroatoms. The van der Waals surface area contributed by atoms with Gasteiger partial charge in [-0.25, -0.2) is 4.79 Å². The number of ether oxygens (including phenoxy) is 1. The Kier molecular flexibility index (Phi) is 6.67. The molecule has 4 nitrogen and oxygen atoms in total. The maximum atomic E-state index is 12.5. The predicted octanol–water partition coefficient (Wildman–Crippen LogP) is 4.13. The zero-order chi connectivity index (χ0) is 17.4. The van der Waals surface area contributed by atoms with Crippen molar-refractivity contribution in [1.29, 1.82) is 0 Å². The van der Waals surface area contributed by atoms with Crippen molar-refractivity contribution in [2.45, 2.75) is 33.4 Å². The van der Waals surface area contributed by atoms with E-state index in [-0.39, 0.29) is 6.03 Å². The molecule has 2 amide bonds. The summed E-state index contributed by atoms with van der Waals surface area (Å²) in [5.74, 6) is 0.817. The Balaban J connectivity index is 1.93. The number of hydrogen-bond acceptors (Lipinski definition) is 2. The number of nitrogens with zero attached hydrogens (tertiary/aromatic N) is 1. The summed E-state index contributed by atoms with van der Waals surface area (Å²) < 4.78 is 5.14. The molecule has 24 heavy (non-hydrogen) atoms. The van der Waals surface area contributed by atoms with Gasteiger partial charge in [0.1, 0.15) is 5.75 Å². The van der Waals surface area contributed by atoms with E-state index in [9.17, 15) is 4.79 Å². The van der Waals surface area contributed by atoms with Crippen LogP contribution in [0, 0.1) is 6.92 Å². The van der Waals surface area contributed by atoms with Gasteiger partial charge in [-0.05, 0) is 36.6 Å². The van der Waals surface area contributed by atoms with Crippen molar-refractivity contribution in [3.8, 4) is 5.75 Å². The number of urea groups is 1. The third kappa shape index (κ3) is 5.30. The number of carbonyl (C=O) groups excluding carboxylic acids is 1. The summed E-state index contributed by atoms with van der Waals surface area (Å²) in [6, 6.07) is 16.0. The Labute approximate surface area is 144 Å². The Hall–Kier alpha value is -2.49. The van der Waals surface area contributed by atoms with Gasteiger partial charge < -0.3 is 15.0 Å². The van der Waals surface area contributed by atoms with Gasteiger partial charge in [0, 0.05) is 19.6 Å². The maximum absolute atomic E-state index is 12.5. The average Bonchev–Trinajstić information content (AvgIpc) is 2.61. The van der Waals surface area contributed by atoms with E-state index in [1.54, 1.807) is 7.11 Å². The highest BCUT2D eigenvalue weighted by Gasteiger charge is 2.12. The zero-order valence-corrected chi connectivity index (χ0v) is 14.7. The van der Waals surface area contributed by atoms with Crippen molar-refractivity contribution in [3.63, 3.8) is 0 Å². The molecule has 0 bridgehead atoms. The van der Waals surface area contributed by atoms with Gasteiger partial charge in [-0.3, -0.25) is 0 Å². The Morgan fingerprint density at radius 3 is 2.25 bits per heavy atom. The monoisotopic (exact) mass is 326 g/mol. The van der Waals surface area contributed by atoms with E-state index in [0.29, 0.717) is 13.1 Å². The lowest BCUT2D eigenvalue weighted by Crippen LogP contribution is -2.39. The van der Waals surface area contributed by atoms with Crippen molar-refractivity contribution >= 4 is 6.03 Å². The minimum Gasteiger partial charge on any atom is -0.497 e. The predicted molar refractivity (Wildman–Crippen MR) is 97.1 cm³/mol. The lowest BCUT2D eigenvalue weighted by molar-refractivity contribution is 0.194. The molecular formula is C20H26N2O2. The van der Waals surface area contributed by atoms with E-state index >= 15 is 0 Å². The number of amides is 2. The fraction of sp³-hybridized carbons (Fsp3) is 0.350. The molecule has 0 spiro atoms. The van der Waals surface area contributed by atoms with Crippen LogP contribution in [0.4, 0.5) is 4.79 Å². The standard InChI is InChI=1S/C20H26N2O2/c1-4-13-22(15-18-7-5-16(2)6-8-18)20(23)21-14-17-9-11-19(24-3)12-10-17/h5-12H,4,13-15H2,1-3H3,(H,21,23). The fourth-order valence-electron chi connectivity index (χ4n) is 2.47. The molecule has 2 aromatic carbocycles. The third-order valence-electron chi connectivity index (χ3n) is 3.88. The summed E-state index contributed by atoms with van der Waals surface area (Å²) in [6.45, 7) is 6.02. The van der Waals surface area contributed by atoms with Gasteiger partial charge >= 0.3 is 6.03 Å². The van der Waals surface area contributed by atoms with Crippen LogP contribution in [0.2, 0.25) is 0 Å². The van der Waals surface area contributed by atoms with Gasteiger partial charge in [0.15, 0.2) is 0 Å². The molecule has 0 aliphatic carbocycles. The summed E-state index contributed by atoms with van der Waals surface area (Å²) in [5.41, 5.74) is 3.43. The van der Waals surface area contributed by atoms with Crippen LogP contribution in [0.25, 0.3) is 0 Å². The third-order valence-corrected chi connectivity index (χ3v) is 3.88. The van der Waals surface area contributed by atoms with Crippen LogP contribution in [0.3, 0.4) is 0 Å². The SMILES string of the molecule is CCCN(Cc1ccc(C)cc1)C(=O)NCc1ccc(OC)cc1. The van der Waals surface area contributed by atoms with Crippen LogP contribution in [0.1, 0.15) is 30.0 Å². The summed E-state index contributed by atoms with van der Waals surface area (Å²) >= 11 is 0. The molecule has 0 radical (unpaired) electrons. The fourth-order valence-corrected chi connectivity index (χ4v) is 2.47. The Morgan fingerprint density at radius 1 is 1.04 bits per heavy atom. The Morgan fingerprint density at radius 2 is 1.67 bits per heavy atom. The van der Waals surface area contributed by atoms with Crippen LogP contribution < -0.4 is 10.1 Å².